The molecule has 0 radical (unpaired) electrons. The van der Waals surface area contributed by atoms with E-state index in [0.717, 1.165) is 12.8 Å². The van der Waals surface area contributed by atoms with Crippen LogP contribution in [0.3, 0.4) is 0 Å². The van der Waals surface area contributed by atoms with E-state index in [1.165, 1.54) is 19.3 Å². The van der Waals surface area contributed by atoms with Crippen LogP contribution < -0.4 is 10.6 Å². The summed E-state index contributed by atoms with van der Waals surface area (Å²) in [6.45, 7) is 0.910. The van der Waals surface area contributed by atoms with Gasteiger partial charge in [-0.15, -0.1) is 0 Å². The molecule has 0 heterocycles. The van der Waals surface area contributed by atoms with Crippen LogP contribution in [0.5, 0.6) is 0 Å². The maximum Gasteiger partial charge on any atom is 0.234 e. The van der Waals surface area contributed by atoms with E-state index in [0.29, 0.717) is 25.6 Å². The molecule has 1 atom stereocenters. The lowest BCUT2D eigenvalue weighted by Crippen LogP contribution is -2.45. The molecule has 3 N–H and O–H groups in total. The SMILES string of the molecule is COCC(CCO)NCC(=O)NC1CCCCC1. The Morgan fingerprint density at radius 1 is 1.39 bits per heavy atom. The summed E-state index contributed by atoms with van der Waals surface area (Å²) in [6.07, 6.45) is 6.53. The Balaban J connectivity index is 2.17. The van der Waals surface area contributed by atoms with E-state index in [1.807, 2.05) is 0 Å². The topological polar surface area (TPSA) is 70.6 Å². The van der Waals surface area contributed by atoms with Gasteiger partial charge in [-0.3, -0.25) is 4.79 Å². The highest BCUT2D eigenvalue weighted by Crippen LogP contribution is 2.17. The molecular weight excluding hydrogens is 232 g/mol. The Morgan fingerprint density at radius 2 is 2.11 bits per heavy atom. The highest BCUT2D eigenvalue weighted by atomic mass is 16.5. The van der Waals surface area contributed by atoms with Gasteiger partial charge in [0.2, 0.25) is 5.91 Å². The average molecular weight is 258 g/mol. The molecule has 0 bridgehead atoms. The molecule has 0 aromatic heterocycles. The molecular formula is C13H26N2O3. The van der Waals surface area contributed by atoms with Crippen molar-refractivity contribution in [1.82, 2.24) is 10.6 Å². The fourth-order valence-corrected chi connectivity index (χ4v) is 2.36. The van der Waals surface area contributed by atoms with Gasteiger partial charge in [0, 0.05) is 25.8 Å². The lowest BCUT2D eigenvalue weighted by molar-refractivity contribution is -0.121. The first kappa shape index (κ1) is 15.4. The molecule has 0 aromatic rings. The first-order valence-corrected chi connectivity index (χ1v) is 6.88. The second-order valence-corrected chi connectivity index (χ2v) is 4.95. The fourth-order valence-electron chi connectivity index (χ4n) is 2.36. The van der Waals surface area contributed by atoms with Gasteiger partial charge in [-0.2, -0.15) is 0 Å². The number of hydrogen-bond acceptors (Lipinski definition) is 4. The maximum absolute atomic E-state index is 11.7. The zero-order valence-corrected chi connectivity index (χ0v) is 11.3. The van der Waals surface area contributed by atoms with Gasteiger partial charge >= 0.3 is 0 Å². The van der Waals surface area contributed by atoms with Crippen LogP contribution in [-0.2, 0) is 9.53 Å². The third-order valence-corrected chi connectivity index (χ3v) is 3.37. The Bertz CT molecular complexity index is 224. The number of hydrogen-bond donors (Lipinski definition) is 3. The second kappa shape index (κ2) is 9.30. The lowest BCUT2D eigenvalue weighted by Gasteiger charge is -2.23. The molecule has 18 heavy (non-hydrogen) atoms. The zero-order valence-electron chi connectivity index (χ0n) is 11.3. The minimum absolute atomic E-state index is 0.0390. The van der Waals surface area contributed by atoms with Crippen LogP contribution in [0.4, 0.5) is 0 Å². The molecule has 1 saturated carbocycles. The molecule has 0 aromatic carbocycles. The summed E-state index contributed by atoms with van der Waals surface area (Å²) >= 11 is 0. The Hall–Kier alpha value is -0.650. The zero-order chi connectivity index (χ0) is 13.2. The van der Waals surface area contributed by atoms with Crippen LogP contribution in [-0.4, -0.2) is 50.0 Å². The normalized spacial score (nSPS) is 18.6. The number of aliphatic hydroxyl groups is 1. The van der Waals surface area contributed by atoms with Gasteiger partial charge in [-0.25, -0.2) is 0 Å². The molecule has 1 amide bonds. The van der Waals surface area contributed by atoms with Gasteiger partial charge in [0.05, 0.1) is 13.2 Å². The van der Waals surface area contributed by atoms with Crippen LogP contribution in [0.25, 0.3) is 0 Å². The van der Waals surface area contributed by atoms with E-state index < -0.39 is 0 Å². The van der Waals surface area contributed by atoms with Crippen LogP contribution in [0.1, 0.15) is 38.5 Å². The van der Waals surface area contributed by atoms with Gasteiger partial charge in [0.1, 0.15) is 0 Å². The van der Waals surface area contributed by atoms with Gasteiger partial charge in [-0.1, -0.05) is 19.3 Å². The summed E-state index contributed by atoms with van der Waals surface area (Å²) in [5, 5.41) is 15.1. The summed E-state index contributed by atoms with van der Waals surface area (Å²) in [5.74, 6) is 0.0425. The van der Waals surface area contributed by atoms with E-state index in [4.69, 9.17) is 9.84 Å². The van der Waals surface area contributed by atoms with Crippen molar-refractivity contribution < 1.29 is 14.6 Å². The number of carbonyl (C=O) groups is 1. The van der Waals surface area contributed by atoms with Crippen molar-refractivity contribution in [1.29, 1.82) is 0 Å². The van der Waals surface area contributed by atoms with Crippen LogP contribution >= 0.6 is 0 Å². The van der Waals surface area contributed by atoms with Crippen LogP contribution in [0.15, 0.2) is 0 Å². The number of carbonyl (C=O) groups excluding carboxylic acids is 1. The molecule has 106 valence electrons. The summed E-state index contributed by atoms with van der Waals surface area (Å²) in [7, 11) is 1.62. The molecule has 1 unspecified atom stereocenters. The van der Waals surface area contributed by atoms with Crippen molar-refractivity contribution in [2.24, 2.45) is 0 Å². The smallest absolute Gasteiger partial charge is 0.234 e. The molecule has 0 saturated heterocycles. The standard InChI is InChI=1S/C13H26N2O3/c1-18-10-12(7-8-16)14-9-13(17)15-11-5-3-2-4-6-11/h11-12,14,16H,2-10H2,1H3,(H,15,17). The quantitative estimate of drug-likeness (QED) is 0.590. The van der Waals surface area contributed by atoms with E-state index in [1.54, 1.807) is 7.11 Å². The number of aliphatic hydroxyl groups excluding tert-OH is 1. The Kier molecular flexibility index (Phi) is 7.96. The first-order valence-electron chi connectivity index (χ1n) is 6.88. The van der Waals surface area contributed by atoms with Crippen molar-refractivity contribution in [3.63, 3.8) is 0 Å². The minimum atomic E-state index is 0.0390. The largest absolute Gasteiger partial charge is 0.396 e. The Labute approximate surface area is 109 Å². The number of nitrogens with one attached hydrogen (secondary N) is 2. The summed E-state index contributed by atoms with van der Waals surface area (Å²) in [5.41, 5.74) is 0. The van der Waals surface area contributed by atoms with Crippen molar-refractivity contribution in [3.05, 3.63) is 0 Å². The summed E-state index contributed by atoms with van der Waals surface area (Å²) in [4.78, 5) is 11.7. The molecule has 5 heteroatoms. The van der Waals surface area contributed by atoms with Gasteiger partial charge in [0.25, 0.3) is 0 Å². The highest BCUT2D eigenvalue weighted by molar-refractivity contribution is 5.78. The van der Waals surface area contributed by atoms with Gasteiger partial charge in [0.15, 0.2) is 0 Å². The van der Waals surface area contributed by atoms with E-state index in [-0.39, 0.29) is 18.6 Å². The molecule has 1 fully saturated rings. The Morgan fingerprint density at radius 3 is 2.72 bits per heavy atom. The summed E-state index contributed by atoms with van der Waals surface area (Å²) < 4.78 is 5.03. The molecule has 0 aliphatic heterocycles. The number of ether oxygens (including phenoxy) is 1. The predicted octanol–water partition coefficient (Wildman–Crippen LogP) is 0.422. The molecule has 1 rings (SSSR count). The average Bonchev–Trinajstić information content (AvgIpc) is 2.38. The lowest BCUT2D eigenvalue weighted by atomic mass is 9.95. The van der Waals surface area contributed by atoms with Crippen molar-refractivity contribution in [2.45, 2.75) is 50.6 Å². The summed E-state index contributed by atoms with van der Waals surface area (Å²) in [6, 6.07) is 0.392. The monoisotopic (exact) mass is 258 g/mol. The third kappa shape index (κ3) is 6.33. The second-order valence-electron chi connectivity index (χ2n) is 4.95. The van der Waals surface area contributed by atoms with Crippen molar-refractivity contribution in [3.8, 4) is 0 Å². The van der Waals surface area contributed by atoms with Crippen molar-refractivity contribution in [2.75, 3.05) is 26.9 Å². The molecule has 1 aliphatic rings. The van der Waals surface area contributed by atoms with E-state index in [9.17, 15) is 4.79 Å². The number of amides is 1. The molecule has 0 spiro atoms. The minimum Gasteiger partial charge on any atom is -0.396 e. The van der Waals surface area contributed by atoms with Crippen molar-refractivity contribution >= 4 is 5.91 Å². The number of methoxy groups -OCH3 is 1. The third-order valence-electron chi connectivity index (χ3n) is 3.37. The molecule has 5 nitrogen and oxygen atoms in total. The molecule has 1 aliphatic carbocycles. The van der Waals surface area contributed by atoms with E-state index >= 15 is 0 Å². The first-order chi connectivity index (χ1) is 8.76. The van der Waals surface area contributed by atoms with E-state index in [2.05, 4.69) is 10.6 Å². The van der Waals surface area contributed by atoms with Gasteiger partial charge < -0.3 is 20.5 Å². The highest BCUT2D eigenvalue weighted by Gasteiger charge is 2.16. The van der Waals surface area contributed by atoms with Crippen LogP contribution in [0.2, 0.25) is 0 Å². The van der Waals surface area contributed by atoms with Gasteiger partial charge in [-0.05, 0) is 19.3 Å². The predicted molar refractivity (Wildman–Crippen MR) is 70.4 cm³/mol. The maximum atomic E-state index is 11.7. The van der Waals surface area contributed by atoms with Crippen LogP contribution in [0, 0.1) is 0 Å². The number of rotatable bonds is 8. The fraction of sp³-hybridized carbons (Fsp3) is 0.923.